The van der Waals surface area contributed by atoms with E-state index in [1.807, 2.05) is 6.07 Å². The van der Waals surface area contributed by atoms with E-state index in [1.165, 1.54) is 0 Å². The Morgan fingerprint density at radius 3 is 2.67 bits per heavy atom. The summed E-state index contributed by atoms with van der Waals surface area (Å²) >= 11 is 4.34. The van der Waals surface area contributed by atoms with Crippen molar-refractivity contribution >= 4 is 12.6 Å². The average Bonchev–Trinajstić information content (AvgIpc) is 2.59. The normalized spacial score (nSPS) is 13.5. The van der Waals surface area contributed by atoms with Gasteiger partial charge in [-0.3, -0.25) is 4.68 Å². The van der Waals surface area contributed by atoms with Gasteiger partial charge in [0, 0.05) is 6.54 Å². The summed E-state index contributed by atoms with van der Waals surface area (Å²) in [4.78, 5) is 3.87. The number of thiol groups is 1. The van der Waals surface area contributed by atoms with Gasteiger partial charge in [-0.2, -0.15) is 17.9 Å². The fourth-order valence-electron chi connectivity index (χ4n) is 1.27. The van der Waals surface area contributed by atoms with E-state index < -0.39 is 0 Å². The van der Waals surface area contributed by atoms with Gasteiger partial charge in [0.2, 0.25) is 0 Å². The van der Waals surface area contributed by atoms with Crippen molar-refractivity contribution < 1.29 is 0 Å². The molecule has 0 aromatic carbocycles. The first-order chi connectivity index (χ1) is 6.97. The first kappa shape index (κ1) is 12.1. The molecule has 0 aliphatic heterocycles. The van der Waals surface area contributed by atoms with Crippen LogP contribution >= 0.6 is 12.6 Å². The minimum atomic E-state index is 0.181. The van der Waals surface area contributed by atoms with Crippen molar-refractivity contribution in [3.05, 3.63) is 12.2 Å². The molecular weight excluding hydrogens is 208 g/mol. The minimum Gasteiger partial charge on any atom is -0.251 e. The second-order valence-electron chi connectivity index (χ2n) is 4.65. The Morgan fingerprint density at radius 2 is 2.27 bits per heavy atom. The fourth-order valence-corrected chi connectivity index (χ4v) is 1.93. The monoisotopic (exact) mass is 224 g/mol. The zero-order valence-electron chi connectivity index (χ0n) is 9.30. The quantitative estimate of drug-likeness (QED) is 0.796. The Balaban J connectivity index is 2.72. The maximum absolute atomic E-state index is 8.60. The smallest absolute Gasteiger partial charge is 0.251 e. The van der Waals surface area contributed by atoms with Crippen LogP contribution in [0.25, 0.3) is 0 Å². The third-order valence-electron chi connectivity index (χ3n) is 2.49. The molecule has 0 bridgehead atoms. The van der Waals surface area contributed by atoms with Gasteiger partial charge in [0.05, 0.1) is 0 Å². The van der Waals surface area contributed by atoms with Crippen LogP contribution in [0.4, 0.5) is 0 Å². The molecular formula is C10H16N4S. The molecule has 0 fully saturated rings. The summed E-state index contributed by atoms with van der Waals surface area (Å²) in [6.45, 7) is 7.28. The summed E-state index contributed by atoms with van der Waals surface area (Å²) in [6, 6.07) is 1.92. The molecule has 1 rings (SSSR count). The molecule has 1 unspecified atom stereocenters. The molecule has 15 heavy (non-hydrogen) atoms. The van der Waals surface area contributed by atoms with Gasteiger partial charge in [-0.15, -0.1) is 5.10 Å². The molecule has 1 heterocycles. The Kier molecular flexibility index (Phi) is 3.75. The van der Waals surface area contributed by atoms with Crippen LogP contribution in [0, 0.1) is 22.7 Å². The topological polar surface area (TPSA) is 54.5 Å². The molecule has 0 aliphatic carbocycles. The van der Waals surface area contributed by atoms with E-state index in [2.05, 4.69) is 43.5 Å². The zero-order chi connectivity index (χ0) is 11.5. The number of aromatic nitrogens is 3. The van der Waals surface area contributed by atoms with Crippen molar-refractivity contribution in [2.24, 2.45) is 11.3 Å². The van der Waals surface area contributed by atoms with E-state index in [0.717, 1.165) is 12.3 Å². The lowest BCUT2D eigenvalue weighted by atomic mass is 9.82. The van der Waals surface area contributed by atoms with Crippen LogP contribution < -0.4 is 0 Å². The molecule has 1 atom stereocenters. The molecule has 0 amide bonds. The fraction of sp³-hybridized carbons (Fsp3) is 0.700. The number of hydrogen-bond acceptors (Lipinski definition) is 4. The van der Waals surface area contributed by atoms with Crippen molar-refractivity contribution in [3.8, 4) is 6.07 Å². The molecule has 0 N–H and O–H groups in total. The van der Waals surface area contributed by atoms with E-state index in [-0.39, 0.29) is 11.2 Å². The molecule has 0 radical (unpaired) electrons. The molecule has 0 saturated heterocycles. The van der Waals surface area contributed by atoms with Gasteiger partial charge in [-0.05, 0) is 17.1 Å². The SMILES string of the molecule is CC(C)(C)C(CS)Cn1cnc(C#N)n1. The summed E-state index contributed by atoms with van der Waals surface area (Å²) < 4.78 is 1.71. The number of nitrogens with zero attached hydrogens (tertiary/aromatic N) is 4. The lowest BCUT2D eigenvalue weighted by Gasteiger charge is -2.29. The summed E-state index contributed by atoms with van der Waals surface area (Å²) in [5.74, 6) is 1.43. The maximum atomic E-state index is 8.60. The highest BCUT2D eigenvalue weighted by molar-refractivity contribution is 7.80. The first-order valence-electron chi connectivity index (χ1n) is 4.87. The molecule has 0 aliphatic rings. The van der Waals surface area contributed by atoms with E-state index >= 15 is 0 Å². The summed E-state index contributed by atoms with van der Waals surface area (Å²) in [7, 11) is 0. The summed E-state index contributed by atoms with van der Waals surface area (Å²) in [5.41, 5.74) is 0.181. The van der Waals surface area contributed by atoms with Crippen LogP contribution in [0.2, 0.25) is 0 Å². The zero-order valence-corrected chi connectivity index (χ0v) is 10.2. The van der Waals surface area contributed by atoms with Crippen LogP contribution in [-0.2, 0) is 6.54 Å². The molecule has 82 valence electrons. The Morgan fingerprint density at radius 1 is 1.60 bits per heavy atom. The third kappa shape index (κ3) is 3.24. The largest absolute Gasteiger partial charge is 0.252 e. The second kappa shape index (κ2) is 4.67. The van der Waals surface area contributed by atoms with Crippen LogP contribution in [0.1, 0.15) is 26.6 Å². The van der Waals surface area contributed by atoms with E-state index in [1.54, 1.807) is 11.0 Å². The number of nitriles is 1. The summed E-state index contributed by atoms with van der Waals surface area (Å²) in [5, 5.41) is 12.6. The van der Waals surface area contributed by atoms with E-state index in [0.29, 0.717) is 5.92 Å². The molecule has 0 saturated carbocycles. The number of hydrogen-bond donors (Lipinski definition) is 1. The van der Waals surface area contributed by atoms with Crippen molar-refractivity contribution in [2.75, 3.05) is 5.75 Å². The molecule has 5 heteroatoms. The van der Waals surface area contributed by atoms with Crippen molar-refractivity contribution in [2.45, 2.75) is 27.3 Å². The Bertz CT molecular complexity index is 358. The van der Waals surface area contributed by atoms with E-state index in [4.69, 9.17) is 5.26 Å². The minimum absolute atomic E-state index is 0.181. The van der Waals surface area contributed by atoms with Gasteiger partial charge in [0.25, 0.3) is 5.82 Å². The highest BCUT2D eigenvalue weighted by atomic mass is 32.1. The maximum Gasteiger partial charge on any atom is 0.252 e. The lowest BCUT2D eigenvalue weighted by Crippen LogP contribution is -2.27. The highest BCUT2D eigenvalue weighted by Gasteiger charge is 2.24. The van der Waals surface area contributed by atoms with Gasteiger partial charge in [-0.1, -0.05) is 20.8 Å². The molecule has 4 nitrogen and oxygen atoms in total. The van der Waals surface area contributed by atoms with Crippen LogP contribution in [0.15, 0.2) is 6.33 Å². The van der Waals surface area contributed by atoms with Crippen LogP contribution in [-0.4, -0.2) is 20.5 Å². The highest BCUT2D eigenvalue weighted by Crippen LogP contribution is 2.27. The average molecular weight is 224 g/mol. The molecule has 1 aromatic heterocycles. The predicted molar refractivity (Wildman–Crippen MR) is 61.5 cm³/mol. The third-order valence-corrected chi connectivity index (χ3v) is 2.93. The van der Waals surface area contributed by atoms with Gasteiger partial charge >= 0.3 is 0 Å². The Hall–Kier alpha value is -1.02. The predicted octanol–water partition coefficient (Wildman–Crippen LogP) is 1.74. The Labute approximate surface area is 95.7 Å². The van der Waals surface area contributed by atoms with E-state index in [9.17, 15) is 0 Å². The van der Waals surface area contributed by atoms with Gasteiger partial charge in [0.1, 0.15) is 12.4 Å². The molecule has 0 spiro atoms. The summed E-state index contributed by atoms with van der Waals surface area (Å²) in [6.07, 6.45) is 1.60. The first-order valence-corrected chi connectivity index (χ1v) is 5.51. The van der Waals surface area contributed by atoms with Gasteiger partial charge in [0.15, 0.2) is 0 Å². The standard InChI is InChI=1S/C10H16N4S/c1-10(2,3)8(6-15)5-14-7-12-9(4-11)13-14/h7-8,15H,5-6H2,1-3H3. The second-order valence-corrected chi connectivity index (χ2v) is 5.01. The number of rotatable bonds is 3. The lowest BCUT2D eigenvalue weighted by molar-refractivity contribution is 0.231. The van der Waals surface area contributed by atoms with Gasteiger partial charge in [-0.25, -0.2) is 4.98 Å². The van der Waals surface area contributed by atoms with Gasteiger partial charge < -0.3 is 0 Å². The van der Waals surface area contributed by atoms with Crippen molar-refractivity contribution in [1.29, 1.82) is 5.26 Å². The van der Waals surface area contributed by atoms with Crippen molar-refractivity contribution in [1.82, 2.24) is 14.8 Å². The van der Waals surface area contributed by atoms with Crippen molar-refractivity contribution in [3.63, 3.8) is 0 Å². The van der Waals surface area contributed by atoms with Crippen LogP contribution in [0.5, 0.6) is 0 Å². The molecule has 1 aromatic rings. The van der Waals surface area contributed by atoms with Crippen LogP contribution in [0.3, 0.4) is 0 Å².